The molecule has 0 unspecified atom stereocenters. The first-order valence-corrected chi connectivity index (χ1v) is 10.5. The Balaban J connectivity index is 1.69. The minimum Gasteiger partial charge on any atom is -0.370 e. The first kappa shape index (κ1) is 17.3. The van der Waals surface area contributed by atoms with Crippen molar-refractivity contribution in [3.05, 3.63) is 45.1 Å². The van der Waals surface area contributed by atoms with E-state index in [1.807, 2.05) is 5.38 Å². The number of nitrogens with one attached hydrogen (secondary N) is 1. The number of hydrogen-bond acceptors (Lipinski definition) is 5. The molecule has 0 atom stereocenters. The lowest BCUT2D eigenvalue weighted by molar-refractivity contribution is -0.117. The van der Waals surface area contributed by atoms with Gasteiger partial charge in [0.15, 0.2) is 5.16 Å². The number of primary amides is 1. The summed E-state index contributed by atoms with van der Waals surface area (Å²) in [6.45, 7) is 0. The molecule has 0 spiro atoms. The maximum absolute atomic E-state index is 12.6. The molecule has 5 nitrogen and oxygen atoms in total. The summed E-state index contributed by atoms with van der Waals surface area (Å²) in [5, 5.41) is 3.18. The summed E-state index contributed by atoms with van der Waals surface area (Å²) >= 11 is 2.82. The lowest BCUT2D eigenvalue weighted by Gasteiger charge is -2.16. The minimum atomic E-state index is -0.355. The number of carbonyl (C=O) groups is 1. The second-order valence-corrected chi connectivity index (χ2v) is 8.40. The van der Waals surface area contributed by atoms with Crippen LogP contribution in [0.25, 0.3) is 21.3 Å². The molecule has 1 aliphatic carbocycles. The van der Waals surface area contributed by atoms with Crippen LogP contribution in [-0.4, -0.2) is 21.6 Å². The Labute approximate surface area is 159 Å². The van der Waals surface area contributed by atoms with Gasteiger partial charge < -0.3 is 10.7 Å². The van der Waals surface area contributed by atoms with E-state index in [1.54, 1.807) is 0 Å². The Morgan fingerprint density at radius 1 is 1.27 bits per heavy atom. The summed E-state index contributed by atoms with van der Waals surface area (Å²) in [6, 6.07) is 6.54. The van der Waals surface area contributed by atoms with Crippen LogP contribution in [0.3, 0.4) is 0 Å². The molecule has 0 fully saturated rings. The number of thioether (sulfide) groups is 1. The Hall–Kier alpha value is -2.12. The molecule has 0 saturated heterocycles. The molecule has 2 heterocycles. The van der Waals surface area contributed by atoms with Crippen molar-refractivity contribution >= 4 is 39.2 Å². The van der Waals surface area contributed by atoms with Gasteiger partial charge in [-0.05, 0) is 42.4 Å². The second-order valence-electron chi connectivity index (χ2n) is 6.46. The first-order chi connectivity index (χ1) is 12.6. The van der Waals surface area contributed by atoms with E-state index in [4.69, 9.17) is 5.73 Å². The molecule has 0 aliphatic heterocycles. The van der Waals surface area contributed by atoms with E-state index in [0.29, 0.717) is 16.3 Å². The predicted molar refractivity (Wildman–Crippen MR) is 107 cm³/mol. The van der Waals surface area contributed by atoms with E-state index in [1.165, 1.54) is 47.1 Å². The fraction of sp³-hybridized carbons (Fsp3) is 0.316. The zero-order valence-electron chi connectivity index (χ0n) is 14.2. The number of rotatable bonds is 5. The van der Waals surface area contributed by atoms with Crippen LogP contribution in [-0.2, 0) is 17.6 Å². The van der Waals surface area contributed by atoms with Crippen molar-refractivity contribution in [1.29, 1.82) is 0 Å². The molecule has 3 aromatic rings. The van der Waals surface area contributed by atoms with Crippen LogP contribution in [0.4, 0.5) is 0 Å². The predicted octanol–water partition coefficient (Wildman–Crippen LogP) is 3.50. The van der Waals surface area contributed by atoms with Crippen molar-refractivity contribution in [3.63, 3.8) is 0 Å². The summed E-state index contributed by atoms with van der Waals surface area (Å²) in [7, 11) is 0. The summed E-state index contributed by atoms with van der Waals surface area (Å²) < 4.78 is 0. The highest BCUT2D eigenvalue weighted by Gasteiger charge is 2.16. The fourth-order valence-corrected chi connectivity index (χ4v) is 5.18. The van der Waals surface area contributed by atoms with Gasteiger partial charge in [-0.25, -0.2) is 4.98 Å². The van der Waals surface area contributed by atoms with Crippen LogP contribution < -0.4 is 11.3 Å². The SMILES string of the molecule is NC(=O)CCSc1nc2scc(-c3ccc4c(c3)CCCC4)c2c(=O)[nH]1. The van der Waals surface area contributed by atoms with Crippen LogP contribution >= 0.6 is 23.1 Å². The number of nitrogens with zero attached hydrogens (tertiary/aromatic N) is 1. The Bertz CT molecular complexity index is 1040. The number of aromatic amines is 1. The zero-order valence-corrected chi connectivity index (χ0v) is 15.8. The van der Waals surface area contributed by atoms with Gasteiger partial charge in [-0.15, -0.1) is 11.3 Å². The molecule has 26 heavy (non-hydrogen) atoms. The molecular formula is C19H19N3O2S2. The molecule has 0 bridgehead atoms. The molecular weight excluding hydrogens is 366 g/mol. The average molecular weight is 386 g/mol. The van der Waals surface area contributed by atoms with Gasteiger partial charge in [0.05, 0.1) is 5.39 Å². The van der Waals surface area contributed by atoms with Crippen molar-refractivity contribution in [1.82, 2.24) is 9.97 Å². The van der Waals surface area contributed by atoms with E-state index in [-0.39, 0.29) is 17.9 Å². The highest BCUT2D eigenvalue weighted by atomic mass is 32.2. The van der Waals surface area contributed by atoms with Crippen LogP contribution in [0.2, 0.25) is 0 Å². The van der Waals surface area contributed by atoms with Crippen molar-refractivity contribution < 1.29 is 4.79 Å². The Morgan fingerprint density at radius 3 is 2.88 bits per heavy atom. The van der Waals surface area contributed by atoms with Gasteiger partial charge in [0, 0.05) is 23.1 Å². The second kappa shape index (κ2) is 7.25. The number of aromatic nitrogens is 2. The van der Waals surface area contributed by atoms with E-state index in [9.17, 15) is 9.59 Å². The van der Waals surface area contributed by atoms with E-state index in [2.05, 4.69) is 28.2 Å². The number of amides is 1. The normalized spacial score (nSPS) is 13.7. The van der Waals surface area contributed by atoms with Gasteiger partial charge >= 0.3 is 0 Å². The maximum atomic E-state index is 12.6. The van der Waals surface area contributed by atoms with Gasteiger partial charge in [-0.2, -0.15) is 0 Å². The van der Waals surface area contributed by atoms with E-state index < -0.39 is 0 Å². The number of fused-ring (bicyclic) bond motifs is 2. The third kappa shape index (κ3) is 3.41. The molecule has 2 aromatic heterocycles. The number of carbonyl (C=O) groups excluding carboxylic acids is 1. The van der Waals surface area contributed by atoms with Crippen LogP contribution in [0.5, 0.6) is 0 Å². The summed E-state index contributed by atoms with van der Waals surface area (Å²) in [4.78, 5) is 31.6. The van der Waals surface area contributed by atoms with Gasteiger partial charge in [0.2, 0.25) is 5.91 Å². The molecule has 134 valence electrons. The lowest BCUT2D eigenvalue weighted by Crippen LogP contribution is -2.12. The van der Waals surface area contributed by atoms with Gasteiger partial charge in [-0.1, -0.05) is 30.0 Å². The third-order valence-electron chi connectivity index (χ3n) is 4.67. The van der Waals surface area contributed by atoms with Crippen molar-refractivity contribution in [3.8, 4) is 11.1 Å². The molecule has 3 N–H and O–H groups in total. The molecule has 1 aromatic carbocycles. The molecule has 7 heteroatoms. The largest absolute Gasteiger partial charge is 0.370 e. The summed E-state index contributed by atoms with van der Waals surface area (Å²) in [5.74, 6) is 0.152. The number of nitrogens with two attached hydrogens (primary N) is 1. The number of thiophene rings is 1. The molecule has 1 aliphatic rings. The Morgan fingerprint density at radius 2 is 2.08 bits per heavy atom. The van der Waals surface area contributed by atoms with Crippen LogP contribution in [0.15, 0.2) is 33.5 Å². The van der Waals surface area contributed by atoms with E-state index >= 15 is 0 Å². The highest BCUT2D eigenvalue weighted by molar-refractivity contribution is 7.99. The maximum Gasteiger partial charge on any atom is 0.260 e. The smallest absolute Gasteiger partial charge is 0.260 e. The number of aryl methyl sites for hydroxylation is 2. The van der Waals surface area contributed by atoms with Crippen molar-refractivity contribution in [2.75, 3.05) is 5.75 Å². The fourth-order valence-electron chi connectivity index (χ4n) is 3.36. The monoisotopic (exact) mass is 385 g/mol. The van der Waals surface area contributed by atoms with Crippen molar-refractivity contribution in [2.24, 2.45) is 5.73 Å². The third-order valence-corrected chi connectivity index (χ3v) is 6.42. The molecule has 0 saturated carbocycles. The number of benzene rings is 1. The Kier molecular flexibility index (Phi) is 4.82. The quantitative estimate of drug-likeness (QED) is 0.520. The van der Waals surface area contributed by atoms with Gasteiger partial charge in [0.1, 0.15) is 4.83 Å². The van der Waals surface area contributed by atoms with Gasteiger partial charge in [0.25, 0.3) is 5.56 Å². The van der Waals surface area contributed by atoms with Gasteiger partial charge in [-0.3, -0.25) is 9.59 Å². The number of hydrogen-bond donors (Lipinski definition) is 2. The number of H-pyrrole nitrogens is 1. The van der Waals surface area contributed by atoms with Crippen LogP contribution in [0.1, 0.15) is 30.4 Å². The highest BCUT2D eigenvalue weighted by Crippen LogP contribution is 2.34. The van der Waals surface area contributed by atoms with Crippen molar-refractivity contribution in [2.45, 2.75) is 37.3 Å². The summed E-state index contributed by atoms with van der Waals surface area (Å²) in [6.07, 6.45) is 5.01. The van der Waals surface area contributed by atoms with E-state index in [0.717, 1.165) is 28.8 Å². The first-order valence-electron chi connectivity index (χ1n) is 8.66. The average Bonchev–Trinajstić information content (AvgIpc) is 3.05. The minimum absolute atomic E-state index is 0.134. The molecule has 4 rings (SSSR count). The lowest BCUT2D eigenvalue weighted by atomic mass is 9.89. The molecule has 1 amide bonds. The van der Waals surface area contributed by atoms with Crippen LogP contribution in [0, 0.1) is 0 Å². The molecule has 0 radical (unpaired) electrons. The zero-order chi connectivity index (χ0) is 18.1. The summed E-state index contributed by atoms with van der Waals surface area (Å²) in [5.41, 5.74) is 9.87. The standard InChI is InChI=1S/C19H19N3O2S2/c20-15(23)7-8-25-19-21-17(24)16-14(10-26-18(16)22-19)13-6-5-11-3-1-2-4-12(11)9-13/h5-6,9-10H,1-4,7-8H2,(H2,20,23)(H,21,22,24). The topological polar surface area (TPSA) is 88.8 Å².